The zero-order valence-corrected chi connectivity index (χ0v) is 12.0. The van der Waals surface area contributed by atoms with Crippen LogP contribution in [0.1, 0.15) is 24.0 Å². The predicted molar refractivity (Wildman–Crippen MR) is 79.1 cm³/mol. The molecule has 0 bridgehead atoms. The van der Waals surface area contributed by atoms with Gasteiger partial charge in [0.15, 0.2) is 0 Å². The highest BCUT2D eigenvalue weighted by molar-refractivity contribution is 7.98. The quantitative estimate of drug-likeness (QED) is 0.821. The van der Waals surface area contributed by atoms with Crippen molar-refractivity contribution in [2.45, 2.75) is 36.1 Å². The van der Waals surface area contributed by atoms with E-state index in [1.807, 2.05) is 29.7 Å². The van der Waals surface area contributed by atoms with Gasteiger partial charge in [0.1, 0.15) is 0 Å². The summed E-state index contributed by atoms with van der Waals surface area (Å²) in [5.41, 5.74) is 2.64. The second kappa shape index (κ2) is 5.80. The summed E-state index contributed by atoms with van der Waals surface area (Å²) in [6, 6.07) is 9.65. The standard InChI is InChI=1S/C15H19N3S/c1-18-10-13(9-17-18)11-19-15-6-2-12(3-7-15)8-16-14-4-5-14/h2-3,6-7,9-10,14,16H,4-5,8,11H2,1H3. The largest absolute Gasteiger partial charge is 0.310 e. The van der Waals surface area contributed by atoms with Crippen molar-refractivity contribution in [3.8, 4) is 0 Å². The van der Waals surface area contributed by atoms with Gasteiger partial charge >= 0.3 is 0 Å². The number of nitrogens with one attached hydrogen (secondary N) is 1. The van der Waals surface area contributed by atoms with Crippen LogP contribution >= 0.6 is 11.8 Å². The van der Waals surface area contributed by atoms with Crippen LogP contribution in [0.25, 0.3) is 0 Å². The molecule has 100 valence electrons. The molecular formula is C15H19N3S. The highest BCUT2D eigenvalue weighted by atomic mass is 32.2. The van der Waals surface area contributed by atoms with E-state index in [0.29, 0.717) is 0 Å². The fraction of sp³-hybridized carbons (Fsp3) is 0.400. The highest BCUT2D eigenvalue weighted by Gasteiger charge is 2.19. The zero-order valence-electron chi connectivity index (χ0n) is 11.2. The van der Waals surface area contributed by atoms with E-state index in [-0.39, 0.29) is 0 Å². The predicted octanol–water partition coefficient (Wildman–Crippen LogP) is 2.96. The summed E-state index contributed by atoms with van der Waals surface area (Å²) < 4.78 is 1.85. The Morgan fingerprint density at radius 1 is 1.26 bits per heavy atom. The van der Waals surface area contributed by atoms with Crippen molar-refractivity contribution in [3.63, 3.8) is 0 Å². The van der Waals surface area contributed by atoms with E-state index in [9.17, 15) is 0 Å². The molecule has 1 heterocycles. The second-order valence-corrected chi connectivity index (χ2v) is 6.16. The summed E-state index contributed by atoms with van der Waals surface area (Å²) >= 11 is 1.86. The van der Waals surface area contributed by atoms with Crippen molar-refractivity contribution in [1.82, 2.24) is 15.1 Å². The number of aryl methyl sites for hydroxylation is 1. The number of nitrogens with zero attached hydrogens (tertiary/aromatic N) is 2. The van der Waals surface area contributed by atoms with Gasteiger partial charge in [0.2, 0.25) is 0 Å². The first-order valence-corrected chi connectivity index (χ1v) is 7.71. The summed E-state index contributed by atoms with van der Waals surface area (Å²) in [4.78, 5) is 1.32. The number of rotatable bonds is 6. The lowest BCUT2D eigenvalue weighted by molar-refractivity contribution is 0.687. The number of benzene rings is 1. The van der Waals surface area contributed by atoms with Crippen molar-refractivity contribution >= 4 is 11.8 Å². The van der Waals surface area contributed by atoms with E-state index in [1.165, 1.54) is 28.9 Å². The maximum Gasteiger partial charge on any atom is 0.0530 e. The minimum atomic E-state index is 0.777. The number of thioether (sulfide) groups is 1. The Morgan fingerprint density at radius 3 is 2.68 bits per heavy atom. The van der Waals surface area contributed by atoms with Gasteiger partial charge in [-0.15, -0.1) is 11.8 Å². The topological polar surface area (TPSA) is 29.9 Å². The van der Waals surface area contributed by atoms with E-state index in [2.05, 4.69) is 40.9 Å². The van der Waals surface area contributed by atoms with E-state index in [0.717, 1.165) is 18.3 Å². The molecule has 19 heavy (non-hydrogen) atoms. The maximum atomic E-state index is 4.18. The molecule has 0 spiro atoms. The minimum absolute atomic E-state index is 0.777. The van der Waals surface area contributed by atoms with Crippen molar-refractivity contribution in [3.05, 3.63) is 47.8 Å². The van der Waals surface area contributed by atoms with E-state index >= 15 is 0 Å². The molecule has 1 fully saturated rings. The van der Waals surface area contributed by atoms with Crippen LogP contribution in [0.3, 0.4) is 0 Å². The van der Waals surface area contributed by atoms with Gasteiger partial charge in [-0.1, -0.05) is 12.1 Å². The lowest BCUT2D eigenvalue weighted by Crippen LogP contribution is -2.14. The normalized spacial score (nSPS) is 14.8. The summed E-state index contributed by atoms with van der Waals surface area (Å²) in [5.74, 6) is 0.980. The van der Waals surface area contributed by atoms with Gasteiger partial charge in [0.25, 0.3) is 0 Å². The van der Waals surface area contributed by atoms with Gasteiger partial charge in [-0.05, 0) is 30.5 Å². The first kappa shape index (κ1) is 12.8. The van der Waals surface area contributed by atoms with E-state index in [1.54, 1.807) is 0 Å². The van der Waals surface area contributed by atoms with Crippen LogP contribution in [0.4, 0.5) is 0 Å². The Balaban J connectivity index is 1.50. The van der Waals surface area contributed by atoms with Gasteiger partial charge in [0, 0.05) is 42.0 Å². The molecule has 1 N–H and O–H groups in total. The molecule has 0 aliphatic heterocycles. The lowest BCUT2D eigenvalue weighted by Gasteiger charge is -2.04. The van der Waals surface area contributed by atoms with Crippen LogP contribution in [0.15, 0.2) is 41.6 Å². The average molecular weight is 273 g/mol. The molecule has 0 amide bonds. The molecular weight excluding hydrogens is 254 g/mol. The van der Waals surface area contributed by atoms with Crippen molar-refractivity contribution < 1.29 is 0 Å². The molecule has 1 aromatic carbocycles. The molecule has 0 saturated heterocycles. The molecule has 0 atom stereocenters. The summed E-state index contributed by atoms with van der Waals surface area (Å²) in [7, 11) is 1.95. The van der Waals surface area contributed by atoms with Crippen LogP contribution in [-0.4, -0.2) is 15.8 Å². The first-order chi connectivity index (χ1) is 9.29. The third-order valence-corrected chi connectivity index (χ3v) is 4.34. The van der Waals surface area contributed by atoms with Crippen molar-refractivity contribution in [1.29, 1.82) is 0 Å². The van der Waals surface area contributed by atoms with Gasteiger partial charge in [-0.2, -0.15) is 5.10 Å². The Labute approximate surface area is 118 Å². The van der Waals surface area contributed by atoms with E-state index in [4.69, 9.17) is 0 Å². The Bertz CT molecular complexity index is 529. The Kier molecular flexibility index (Phi) is 3.89. The molecule has 3 rings (SSSR count). The average Bonchev–Trinajstić information content (AvgIpc) is 3.17. The lowest BCUT2D eigenvalue weighted by atomic mass is 10.2. The maximum absolute atomic E-state index is 4.18. The molecule has 1 aromatic heterocycles. The summed E-state index contributed by atoms with van der Waals surface area (Å²) in [5, 5.41) is 7.72. The second-order valence-electron chi connectivity index (χ2n) is 5.11. The summed E-state index contributed by atoms with van der Waals surface area (Å²) in [6.07, 6.45) is 6.69. The Morgan fingerprint density at radius 2 is 2.05 bits per heavy atom. The Hall–Kier alpha value is -1.26. The zero-order chi connectivity index (χ0) is 13.1. The van der Waals surface area contributed by atoms with Gasteiger partial charge in [0.05, 0.1) is 6.20 Å². The molecule has 1 saturated carbocycles. The number of hydrogen-bond acceptors (Lipinski definition) is 3. The molecule has 0 unspecified atom stereocenters. The van der Waals surface area contributed by atoms with Crippen LogP contribution in [0, 0.1) is 0 Å². The summed E-state index contributed by atoms with van der Waals surface area (Å²) in [6.45, 7) is 0.998. The first-order valence-electron chi connectivity index (χ1n) is 6.72. The third kappa shape index (κ3) is 3.85. The van der Waals surface area contributed by atoms with Crippen LogP contribution in [0.2, 0.25) is 0 Å². The number of hydrogen-bond donors (Lipinski definition) is 1. The van der Waals surface area contributed by atoms with Gasteiger partial charge < -0.3 is 5.32 Å². The third-order valence-electron chi connectivity index (χ3n) is 3.26. The minimum Gasteiger partial charge on any atom is -0.310 e. The fourth-order valence-corrected chi connectivity index (χ4v) is 2.78. The van der Waals surface area contributed by atoms with Crippen molar-refractivity contribution in [2.24, 2.45) is 7.05 Å². The van der Waals surface area contributed by atoms with E-state index < -0.39 is 0 Å². The number of aromatic nitrogens is 2. The molecule has 3 nitrogen and oxygen atoms in total. The van der Waals surface area contributed by atoms with Crippen LogP contribution in [0.5, 0.6) is 0 Å². The van der Waals surface area contributed by atoms with Crippen LogP contribution < -0.4 is 5.32 Å². The molecule has 2 aromatic rings. The molecule has 1 aliphatic carbocycles. The highest BCUT2D eigenvalue weighted by Crippen LogP contribution is 2.23. The van der Waals surface area contributed by atoms with Gasteiger partial charge in [-0.25, -0.2) is 0 Å². The van der Waals surface area contributed by atoms with Crippen LogP contribution in [-0.2, 0) is 19.3 Å². The monoisotopic (exact) mass is 273 g/mol. The molecule has 4 heteroatoms. The SMILES string of the molecule is Cn1cc(CSc2ccc(CNC3CC3)cc2)cn1. The smallest absolute Gasteiger partial charge is 0.0530 e. The fourth-order valence-electron chi connectivity index (χ4n) is 1.97. The van der Waals surface area contributed by atoms with Crippen molar-refractivity contribution in [2.75, 3.05) is 0 Å². The molecule has 1 aliphatic rings. The molecule has 0 radical (unpaired) electrons. The van der Waals surface area contributed by atoms with Gasteiger partial charge in [-0.3, -0.25) is 4.68 Å².